The highest BCUT2D eigenvalue weighted by molar-refractivity contribution is 5.89. The number of hydrogen-bond donors (Lipinski definition) is 1. The third-order valence-corrected chi connectivity index (χ3v) is 2.13. The van der Waals surface area contributed by atoms with E-state index in [0.717, 1.165) is 5.56 Å². The Bertz CT molecular complexity index is 462. The van der Waals surface area contributed by atoms with Crippen LogP contribution in [0.2, 0.25) is 0 Å². The first-order valence-corrected chi connectivity index (χ1v) is 4.62. The zero-order valence-corrected chi connectivity index (χ0v) is 8.13. The van der Waals surface area contributed by atoms with Gasteiger partial charge in [0, 0.05) is 18.9 Å². The van der Waals surface area contributed by atoms with Crippen molar-refractivity contribution >= 4 is 5.91 Å². The summed E-state index contributed by atoms with van der Waals surface area (Å²) in [5, 5.41) is 0. The van der Waals surface area contributed by atoms with Crippen molar-refractivity contribution in [3.63, 3.8) is 0 Å². The van der Waals surface area contributed by atoms with Crippen LogP contribution >= 0.6 is 0 Å². The maximum atomic E-state index is 11.0. The molecule has 1 heterocycles. The Hall–Kier alpha value is -2.10. The summed E-state index contributed by atoms with van der Waals surface area (Å²) in [6.07, 6.45) is 3.32. The van der Waals surface area contributed by atoms with Crippen LogP contribution < -0.4 is 5.73 Å². The van der Waals surface area contributed by atoms with Gasteiger partial charge in [-0.25, -0.2) is 4.98 Å². The molecule has 0 radical (unpaired) electrons. The van der Waals surface area contributed by atoms with Crippen LogP contribution in [0.25, 0.3) is 0 Å². The van der Waals surface area contributed by atoms with Crippen LogP contribution in [0.1, 0.15) is 16.2 Å². The van der Waals surface area contributed by atoms with Crippen LogP contribution in [0.3, 0.4) is 0 Å². The molecule has 15 heavy (non-hydrogen) atoms. The van der Waals surface area contributed by atoms with Gasteiger partial charge in [-0.2, -0.15) is 0 Å². The molecule has 0 bridgehead atoms. The van der Waals surface area contributed by atoms with Gasteiger partial charge >= 0.3 is 0 Å². The van der Waals surface area contributed by atoms with Crippen LogP contribution in [0.15, 0.2) is 42.7 Å². The molecule has 4 heteroatoms. The highest BCUT2D eigenvalue weighted by Gasteiger charge is 2.08. The van der Waals surface area contributed by atoms with Crippen LogP contribution in [-0.2, 0) is 6.54 Å². The Morgan fingerprint density at radius 3 is 2.73 bits per heavy atom. The first-order chi connectivity index (χ1) is 7.27. The van der Waals surface area contributed by atoms with Gasteiger partial charge in [0.05, 0.1) is 0 Å². The van der Waals surface area contributed by atoms with Gasteiger partial charge in [0.15, 0.2) is 5.82 Å². The van der Waals surface area contributed by atoms with Crippen molar-refractivity contribution < 1.29 is 4.79 Å². The maximum absolute atomic E-state index is 11.0. The fourth-order valence-corrected chi connectivity index (χ4v) is 1.44. The predicted octanol–water partition coefficient (Wildman–Crippen LogP) is 1.03. The average Bonchev–Trinajstić information content (AvgIpc) is 2.67. The fraction of sp³-hybridized carbons (Fsp3) is 0.0909. The summed E-state index contributed by atoms with van der Waals surface area (Å²) in [5.74, 6) is -0.213. The molecule has 0 spiro atoms. The highest BCUT2D eigenvalue weighted by atomic mass is 16.1. The van der Waals surface area contributed by atoms with Crippen molar-refractivity contribution in [2.24, 2.45) is 5.73 Å². The van der Waals surface area contributed by atoms with E-state index < -0.39 is 5.91 Å². The Morgan fingerprint density at radius 2 is 2.07 bits per heavy atom. The second-order valence-corrected chi connectivity index (χ2v) is 3.23. The minimum Gasteiger partial charge on any atom is -0.363 e. The van der Waals surface area contributed by atoms with Gasteiger partial charge in [-0.15, -0.1) is 0 Å². The van der Waals surface area contributed by atoms with E-state index in [1.165, 1.54) is 0 Å². The van der Waals surface area contributed by atoms with Crippen molar-refractivity contribution in [3.8, 4) is 0 Å². The molecule has 4 nitrogen and oxygen atoms in total. The molecule has 76 valence electrons. The number of nitrogens with two attached hydrogens (primary N) is 1. The fourth-order valence-electron chi connectivity index (χ4n) is 1.44. The number of primary amides is 1. The SMILES string of the molecule is NC(=O)c1nccn1Cc1ccccc1. The largest absolute Gasteiger partial charge is 0.363 e. The lowest BCUT2D eigenvalue weighted by Gasteiger charge is -2.04. The summed E-state index contributed by atoms with van der Waals surface area (Å²) < 4.78 is 1.73. The number of carbonyl (C=O) groups is 1. The third-order valence-electron chi connectivity index (χ3n) is 2.13. The van der Waals surface area contributed by atoms with E-state index in [4.69, 9.17) is 5.73 Å². The number of nitrogens with zero attached hydrogens (tertiary/aromatic N) is 2. The van der Waals surface area contributed by atoms with Crippen LogP contribution in [0.4, 0.5) is 0 Å². The quantitative estimate of drug-likeness (QED) is 0.806. The van der Waals surface area contributed by atoms with Gasteiger partial charge in [-0.05, 0) is 5.56 Å². The summed E-state index contributed by atoms with van der Waals surface area (Å²) in [7, 11) is 0. The zero-order valence-electron chi connectivity index (χ0n) is 8.13. The highest BCUT2D eigenvalue weighted by Crippen LogP contribution is 2.04. The normalized spacial score (nSPS) is 10.1. The number of rotatable bonds is 3. The molecule has 2 rings (SSSR count). The molecule has 0 fully saturated rings. The molecule has 1 aromatic carbocycles. The van der Waals surface area contributed by atoms with E-state index in [0.29, 0.717) is 12.4 Å². The van der Waals surface area contributed by atoms with Gasteiger partial charge in [0.2, 0.25) is 0 Å². The molecule has 0 saturated carbocycles. The molecule has 1 aromatic heterocycles. The molecular formula is C11H11N3O. The molecule has 0 atom stereocenters. The number of carbonyl (C=O) groups excluding carboxylic acids is 1. The van der Waals surface area contributed by atoms with Crippen molar-refractivity contribution in [1.82, 2.24) is 9.55 Å². The van der Waals surface area contributed by atoms with Crippen LogP contribution in [-0.4, -0.2) is 15.5 Å². The number of amides is 1. The zero-order chi connectivity index (χ0) is 10.7. The van der Waals surface area contributed by atoms with E-state index >= 15 is 0 Å². The van der Waals surface area contributed by atoms with Crippen LogP contribution in [0.5, 0.6) is 0 Å². The second kappa shape index (κ2) is 3.96. The third kappa shape index (κ3) is 2.04. The van der Waals surface area contributed by atoms with Gasteiger partial charge in [-0.1, -0.05) is 30.3 Å². The Morgan fingerprint density at radius 1 is 1.33 bits per heavy atom. The average molecular weight is 201 g/mol. The second-order valence-electron chi connectivity index (χ2n) is 3.23. The van der Waals surface area contributed by atoms with Crippen LogP contribution in [0, 0.1) is 0 Å². The van der Waals surface area contributed by atoms with Gasteiger partial charge in [0.1, 0.15) is 0 Å². The minimum absolute atomic E-state index is 0.291. The molecule has 0 aliphatic carbocycles. The lowest BCUT2D eigenvalue weighted by Crippen LogP contribution is -2.18. The number of benzene rings is 1. The van der Waals surface area contributed by atoms with Crippen molar-refractivity contribution in [3.05, 3.63) is 54.1 Å². The van der Waals surface area contributed by atoms with E-state index in [2.05, 4.69) is 4.98 Å². The van der Waals surface area contributed by atoms with E-state index in [-0.39, 0.29) is 0 Å². The maximum Gasteiger partial charge on any atom is 0.284 e. The molecule has 2 N–H and O–H groups in total. The van der Waals surface area contributed by atoms with Gasteiger partial charge < -0.3 is 10.3 Å². The number of aromatic nitrogens is 2. The molecular weight excluding hydrogens is 190 g/mol. The van der Waals surface area contributed by atoms with E-state index in [1.54, 1.807) is 17.0 Å². The molecule has 0 aliphatic rings. The molecule has 2 aromatic rings. The standard InChI is InChI=1S/C11H11N3O/c12-10(15)11-13-6-7-14(11)8-9-4-2-1-3-5-9/h1-7H,8H2,(H2,12,15). The Kier molecular flexibility index (Phi) is 2.49. The van der Waals surface area contributed by atoms with Crippen molar-refractivity contribution in [1.29, 1.82) is 0 Å². The summed E-state index contributed by atoms with van der Waals surface area (Å²) in [4.78, 5) is 14.9. The molecule has 0 aliphatic heterocycles. The summed E-state index contributed by atoms with van der Waals surface area (Å²) in [6, 6.07) is 9.84. The topological polar surface area (TPSA) is 60.9 Å². The monoisotopic (exact) mass is 201 g/mol. The lowest BCUT2D eigenvalue weighted by atomic mass is 10.2. The Labute approximate surface area is 87.4 Å². The predicted molar refractivity (Wildman–Crippen MR) is 56.3 cm³/mol. The van der Waals surface area contributed by atoms with E-state index in [1.807, 2.05) is 30.3 Å². The molecule has 0 saturated heterocycles. The first-order valence-electron chi connectivity index (χ1n) is 4.62. The lowest BCUT2D eigenvalue weighted by molar-refractivity contribution is 0.0987. The van der Waals surface area contributed by atoms with Crippen molar-refractivity contribution in [2.75, 3.05) is 0 Å². The summed E-state index contributed by atoms with van der Waals surface area (Å²) in [6.45, 7) is 0.610. The smallest absolute Gasteiger partial charge is 0.284 e. The molecule has 1 amide bonds. The first kappa shape index (κ1) is 9.45. The number of hydrogen-bond acceptors (Lipinski definition) is 2. The van der Waals surface area contributed by atoms with E-state index in [9.17, 15) is 4.79 Å². The summed E-state index contributed by atoms with van der Waals surface area (Å²) in [5.41, 5.74) is 6.30. The van der Waals surface area contributed by atoms with Crippen molar-refractivity contribution in [2.45, 2.75) is 6.54 Å². The molecule has 0 unspecified atom stereocenters. The summed E-state index contributed by atoms with van der Waals surface area (Å²) >= 11 is 0. The van der Waals surface area contributed by atoms with Gasteiger partial charge in [-0.3, -0.25) is 4.79 Å². The Balaban J connectivity index is 2.25. The number of imidazole rings is 1. The van der Waals surface area contributed by atoms with Gasteiger partial charge in [0.25, 0.3) is 5.91 Å². The minimum atomic E-state index is -0.504.